The van der Waals surface area contributed by atoms with Crippen molar-refractivity contribution in [2.45, 2.75) is 57.0 Å². The van der Waals surface area contributed by atoms with Gasteiger partial charge in [0.1, 0.15) is 6.54 Å². The van der Waals surface area contributed by atoms with Gasteiger partial charge in [-0.15, -0.1) is 0 Å². The van der Waals surface area contributed by atoms with E-state index in [1.54, 1.807) is 6.20 Å². The molecule has 0 radical (unpaired) electrons. The summed E-state index contributed by atoms with van der Waals surface area (Å²) >= 11 is 0. The third kappa shape index (κ3) is 4.63. The molecule has 1 amide bonds. The summed E-state index contributed by atoms with van der Waals surface area (Å²) in [6.07, 6.45) is 9.73. The first kappa shape index (κ1) is 18.9. The predicted molar refractivity (Wildman–Crippen MR) is 102 cm³/mol. The van der Waals surface area contributed by atoms with Crippen molar-refractivity contribution in [2.24, 2.45) is 0 Å². The maximum Gasteiger partial charge on any atom is 0.269 e. The molecule has 1 aliphatic heterocycles. The number of amides is 1. The Balaban J connectivity index is 1.66. The average molecular weight is 361 g/mol. The number of aromatic nitrogens is 2. The highest BCUT2D eigenvalue weighted by Gasteiger charge is 2.36. The highest BCUT2D eigenvalue weighted by Crippen LogP contribution is 2.30. The molecule has 2 heterocycles. The van der Waals surface area contributed by atoms with E-state index in [2.05, 4.69) is 15.3 Å². The fourth-order valence-electron chi connectivity index (χ4n) is 4.18. The van der Waals surface area contributed by atoms with E-state index in [1.165, 1.54) is 30.0 Å². The lowest BCUT2D eigenvalue weighted by molar-refractivity contribution is -0.124. The van der Waals surface area contributed by atoms with Gasteiger partial charge in [0.15, 0.2) is 0 Å². The molecule has 26 heavy (non-hydrogen) atoms. The van der Waals surface area contributed by atoms with Gasteiger partial charge in [0.25, 0.3) is 5.56 Å². The van der Waals surface area contributed by atoms with Crippen LogP contribution in [-0.4, -0.2) is 59.9 Å². The summed E-state index contributed by atoms with van der Waals surface area (Å²) in [5.74, 6) is -0.113. The molecule has 0 aromatic carbocycles. The standard InChI is InChI=1S/C19H31N5O2/c1-22(2)16-12-18(26)24(20-13-16)14-17(25)21-19(8-4-3-5-9-19)15-23-10-6-7-11-23/h12-13H,3-11,14-15H2,1-2H3,(H,21,25). The number of anilines is 1. The van der Waals surface area contributed by atoms with Gasteiger partial charge in [-0.2, -0.15) is 5.10 Å². The summed E-state index contributed by atoms with van der Waals surface area (Å²) in [6, 6.07) is 1.51. The number of hydrogen-bond acceptors (Lipinski definition) is 5. The van der Waals surface area contributed by atoms with Crippen molar-refractivity contribution in [2.75, 3.05) is 38.6 Å². The quantitative estimate of drug-likeness (QED) is 0.825. The Morgan fingerprint density at radius 3 is 2.50 bits per heavy atom. The fraction of sp³-hybridized carbons (Fsp3) is 0.737. The lowest BCUT2D eigenvalue weighted by Gasteiger charge is -2.41. The number of nitrogens with zero attached hydrogens (tertiary/aromatic N) is 4. The smallest absolute Gasteiger partial charge is 0.269 e. The third-order valence-electron chi connectivity index (χ3n) is 5.61. The molecule has 3 rings (SSSR count). The normalized spacial score (nSPS) is 20.1. The zero-order valence-corrected chi connectivity index (χ0v) is 16.0. The summed E-state index contributed by atoms with van der Waals surface area (Å²) in [7, 11) is 3.72. The maximum absolute atomic E-state index is 12.7. The lowest BCUT2D eigenvalue weighted by atomic mass is 9.81. The van der Waals surface area contributed by atoms with Crippen molar-refractivity contribution in [1.29, 1.82) is 0 Å². The molecule has 0 atom stereocenters. The first-order valence-corrected chi connectivity index (χ1v) is 9.75. The van der Waals surface area contributed by atoms with Crippen LogP contribution in [0.25, 0.3) is 0 Å². The Bertz CT molecular complexity index is 673. The maximum atomic E-state index is 12.7. The molecular formula is C19H31N5O2. The zero-order valence-electron chi connectivity index (χ0n) is 16.0. The van der Waals surface area contributed by atoms with Gasteiger partial charge in [-0.1, -0.05) is 19.3 Å². The van der Waals surface area contributed by atoms with E-state index in [4.69, 9.17) is 0 Å². The minimum atomic E-state index is -0.247. The van der Waals surface area contributed by atoms with E-state index in [0.29, 0.717) is 0 Å². The van der Waals surface area contributed by atoms with Crippen LogP contribution >= 0.6 is 0 Å². The van der Waals surface area contributed by atoms with E-state index in [9.17, 15) is 9.59 Å². The van der Waals surface area contributed by atoms with Crippen molar-refractivity contribution in [3.8, 4) is 0 Å². The predicted octanol–water partition coefficient (Wildman–Crippen LogP) is 1.22. The summed E-state index contributed by atoms with van der Waals surface area (Å²) in [5, 5.41) is 7.43. The van der Waals surface area contributed by atoms with Crippen LogP contribution in [-0.2, 0) is 11.3 Å². The molecule has 7 heteroatoms. The van der Waals surface area contributed by atoms with Crippen LogP contribution in [0.2, 0.25) is 0 Å². The van der Waals surface area contributed by atoms with Crippen molar-refractivity contribution in [3.05, 3.63) is 22.6 Å². The number of carbonyl (C=O) groups excluding carboxylic acids is 1. The summed E-state index contributed by atoms with van der Waals surface area (Å²) in [6.45, 7) is 3.17. The van der Waals surface area contributed by atoms with Crippen molar-refractivity contribution >= 4 is 11.6 Å². The Morgan fingerprint density at radius 1 is 1.19 bits per heavy atom. The first-order chi connectivity index (χ1) is 12.5. The molecule has 1 aromatic rings. The molecule has 1 aromatic heterocycles. The molecule has 144 valence electrons. The molecule has 1 aliphatic carbocycles. The first-order valence-electron chi connectivity index (χ1n) is 9.75. The molecule has 2 aliphatic rings. The molecule has 1 N–H and O–H groups in total. The highest BCUT2D eigenvalue weighted by molar-refractivity contribution is 5.76. The minimum Gasteiger partial charge on any atom is -0.376 e. The number of hydrogen-bond donors (Lipinski definition) is 1. The topological polar surface area (TPSA) is 70.5 Å². The average Bonchev–Trinajstić information content (AvgIpc) is 3.09. The van der Waals surface area contributed by atoms with Crippen molar-refractivity contribution in [3.63, 3.8) is 0 Å². The van der Waals surface area contributed by atoms with E-state index >= 15 is 0 Å². The Morgan fingerprint density at radius 2 is 1.88 bits per heavy atom. The van der Waals surface area contributed by atoms with Crippen molar-refractivity contribution in [1.82, 2.24) is 20.0 Å². The van der Waals surface area contributed by atoms with Gasteiger partial charge in [0, 0.05) is 26.7 Å². The van der Waals surface area contributed by atoms with Gasteiger partial charge in [-0.3, -0.25) is 9.59 Å². The molecule has 2 fully saturated rings. The van der Waals surface area contributed by atoms with Crippen LogP contribution in [0.4, 0.5) is 5.69 Å². The van der Waals surface area contributed by atoms with Gasteiger partial charge in [0.2, 0.25) is 5.91 Å². The third-order valence-corrected chi connectivity index (χ3v) is 5.61. The summed E-state index contributed by atoms with van der Waals surface area (Å²) < 4.78 is 1.24. The second-order valence-corrected chi connectivity index (χ2v) is 7.98. The molecule has 0 bridgehead atoms. The van der Waals surface area contributed by atoms with E-state index in [0.717, 1.165) is 51.0 Å². The molecule has 1 saturated carbocycles. The Hall–Kier alpha value is -1.89. The molecule has 1 saturated heterocycles. The van der Waals surface area contributed by atoms with Crippen LogP contribution in [0.5, 0.6) is 0 Å². The SMILES string of the molecule is CN(C)c1cnn(CC(=O)NC2(CN3CCCC3)CCCCC2)c(=O)c1. The van der Waals surface area contributed by atoms with Crippen LogP contribution in [0, 0.1) is 0 Å². The molecule has 0 unspecified atom stereocenters. The summed E-state index contributed by atoms with van der Waals surface area (Å²) in [4.78, 5) is 29.2. The van der Waals surface area contributed by atoms with Gasteiger partial charge < -0.3 is 15.1 Å². The number of carbonyl (C=O) groups is 1. The van der Waals surface area contributed by atoms with Gasteiger partial charge in [-0.05, 0) is 38.8 Å². The number of nitrogens with one attached hydrogen (secondary N) is 1. The largest absolute Gasteiger partial charge is 0.376 e. The fourth-order valence-corrected chi connectivity index (χ4v) is 4.18. The molecular weight excluding hydrogens is 330 g/mol. The summed E-state index contributed by atoms with van der Waals surface area (Å²) in [5.41, 5.74) is 0.348. The molecule has 0 spiro atoms. The monoisotopic (exact) mass is 361 g/mol. The second-order valence-electron chi connectivity index (χ2n) is 7.98. The lowest BCUT2D eigenvalue weighted by Crippen LogP contribution is -2.57. The van der Waals surface area contributed by atoms with Crippen LogP contribution in [0.15, 0.2) is 17.1 Å². The van der Waals surface area contributed by atoms with Gasteiger partial charge >= 0.3 is 0 Å². The highest BCUT2D eigenvalue weighted by atomic mass is 16.2. The number of likely N-dealkylation sites (tertiary alicyclic amines) is 1. The van der Waals surface area contributed by atoms with Crippen LogP contribution in [0.3, 0.4) is 0 Å². The van der Waals surface area contributed by atoms with Crippen LogP contribution in [0.1, 0.15) is 44.9 Å². The van der Waals surface area contributed by atoms with E-state index in [1.807, 2.05) is 19.0 Å². The second kappa shape index (κ2) is 8.20. The number of rotatable bonds is 6. The zero-order chi connectivity index (χ0) is 18.6. The minimum absolute atomic E-state index is 0.0196. The van der Waals surface area contributed by atoms with Crippen molar-refractivity contribution < 1.29 is 4.79 Å². The van der Waals surface area contributed by atoms with Gasteiger partial charge in [0.05, 0.1) is 17.4 Å². The Kier molecular flexibility index (Phi) is 5.96. The van der Waals surface area contributed by atoms with Gasteiger partial charge in [-0.25, -0.2) is 4.68 Å². The Labute approximate surface area is 155 Å². The van der Waals surface area contributed by atoms with Crippen LogP contribution < -0.4 is 15.8 Å². The van der Waals surface area contributed by atoms with E-state index in [-0.39, 0.29) is 23.6 Å². The van der Waals surface area contributed by atoms with E-state index < -0.39 is 0 Å². The molecule has 7 nitrogen and oxygen atoms in total.